The molecule has 18 heteroatoms. The summed E-state index contributed by atoms with van der Waals surface area (Å²) < 4.78 is 47.1. The first-order chi connectivity index (χ1) is 27.6. The molecule has 2 saturated heterocycles. The maximum Gasteiger partial charge on any atom is 0.328 e. The van der Waals surface area contributed by atoms with Crippen molar-refractivity contribution in [2.24, 2.45) is 5.73 Å². The van der Waals surface area contributed by atoms with E-state index in [4.69, 9.17) is 21.6 Å². The molecule has 0 aromatic carbocycles. The number of alkyl halides is 1. The van der Waals surface area contributed by atoms with Gasteiger partial charge >= 0.3 is 6.03 Å². The number of carbonyl (C=O) groups is 1. The van der Waals surface area contributed by atoms with Crippen LogP contribution < -0.4 is 30.3 Å². The van der Waals surface area contributed by atoms with Crippen LogP contribution >= 0.6 is 22.6 Å². The van der Waals surface area contributed by atoms with Crippen molar-refractivity contribution in [2.45, 2.75) is 63.7 Å². The number of fused-ring (bicyclic) bond motifs is 6. The lowest BCUT2D eigenvalue weighted by Gasteiger charge is -2.27. The number of nitrogens with one attached hydrogen (secondary N) is 2. The molecule has 15 nitrogen and oxygen atoms in total. The van der Waals surface area contributed by atoms with Crippen LogP contribution in [-0.4, -0.2) is 88.8 Å². The SMILES string of the molecule is C[C@H](N)COc1ncc(F)cc1C1CCCN1c1ccc2[nH]cnc2n1.C[C@H]1COc2ncc(F)cc2C2CCCN2c2ccc3ncn(c3n2)C(=O)N1.[2H]CI. The van der Waals surface area contributed by atoms with Crippen LogP contribution in [0.4, 0.5) is 25.2 Å². The first-order valence-electron chi connectivity index (χ1n) is 19.0. The Kier molecular flexibility index (Phi) is 11.6. The van der Waals surface area contributed by atoms with Gasteiger partial charge in [0.25, 0.3) is 0 Å². The van der Waals surface area contributed by atoms with Crippen molar-refractivity contribution >= 4 is 62.6 Å². The highest BCUT2D eigenvalue weighted by atomic mass is 127. The molecule has 2 bridgehead atoms. The highest BCUT2D eigenvalue weighted by Crippen LogP contribution is 2.40. The second-order valence-corrected chi connectivity index (χ2v) is 13.8. The molecule has 6 aromatic heterocycles. The third-order valence-electron chi connectivity index (χ3n) is 9.69. The fraction of sp³-hybridized carbons (Fsp3) is 0.395. The maximum atomic E-state index is 14.0. The lowest BCUT2D eigenvalue weighted by atomic mass is 10.1. The summed E-state index contributed by atoms with van der Waals surface area (Å²) in [5.41, 5.74) is 9.89. The molecule has 294 valence electrons. The van der Waals surface area contributed by atoms with E-state index in [1.165, 1.54) is 29.2 Å². The summed E-state index contributed by atoms with van der Waals surface area (Å²) in [4.78, 5) is 46.6. The van der Waals surface area contributed by atoms with E-state index in [0.29, 0.717) is 51.5 Å². The largest absolute Gasteiger partial charge is 0.476 e. The van der Waals surface area contributed by atoms with Crippen LogP contribution in [-0.2, 0) is 0 Å². The minimum absolute atomic E-state index is 0.0508. The van der Waals surface area contributed by atoms with Crippen LogP contribution in [0.25, 0.3) is 22.3 Å². The van der Waals surface area contributed by atoms with Gasteiger partial charge in [-0.15, -0.1) is 0 Å². The van der Waals surface area contributed by atoms with Gasteiger partial charge in [-0.3, -0.25) is 0 Å². The molecule has 0 spiro atoms. The number of halogens is 3. The summed E-state index contributed by atoms with van der Waals surface area (Å²) in [6.45, 7) is 5.84. The van der Waals surface area contributed by atoms with E-state index in [2.05, 4.69) is 45.0 Å². The summed E-state index contributed by atoms with van der Waals surface area (Å²) in [6.07, 6.45) is 9.06. The number of hydrogen-bond acceptors (Lipinski definition) is 12. The highest BCUT2D eigenvalue weighted by molar-refractivity contribution is 14.1. The van der Waals surface area contributed by atoms with E-state index in [-0.39, 0.29) is 42.6 Å². The van der Waals surface area contributed by atoms with E-state index in [0.717, 1.165) is 61.9 Å². The number of anilines is 2. The highest BCUT2D eigenvalue weighted by Gasteiger charge is 2.33. The van der Waals surface area contributed by atoms with Crippen molar-refractivity contribution in [1.29, 1.82) is 0 Å². The number of aromatic nitrogens is 8. The van der Waals surface area contributed by atoms with Crippen molar-refractivity contribution in [3.05, 3.63) is 84.2 Å². The van der Waals surface area contributed by atoms with Crippen LogP contribution in [0.15, 0.2) is 61.4 Å². The van der Waals surface area contributed by atoms with Gasteiger partial charge in [-0.25, -0.2) is 48.0 Å². The molecule has 6 aromatic rings. The normalized spacial score (nSPS) is 19.9. The molecule has 4 N–H and O–H groups in total. The monoisotopic (exact) mass is 881 g/mol. The Labute approximate surface area is 337 Å². The average molecular weight is 882 g/mol. The fourth-order valence-electron chi connectivity index (χ4n) is 7.23. The van der Waals surface area contributed by atoms with Crippen molar-refractivity contribution in [2.75, 3.05) is 41.0 Å². The van der Waals surface area contributed by atoms with Crippen LogP contribution in [0.1, 0.15) is 64.1 Å². The number of nitrogens with two attached hydrogens (primary N) is 1. The Hall–Kier alpha value is -5.24. The van der Waals surface area contributed by atoms with Crippen molar-refractivity contribution in [3.63, 3.8) is 0 Å². The summed E-state index contributed by atoms with van der Waals surface area (Å²) >= 11 is 1.96. The number of ether oxygens (including phenoxy) is 2. The third-order valence-corrected chi connectivity index (χ3v) is 9.69. The van der Waals surface area contributed by atoms with E-state index >= 15 is 0 Å². The Balaban J connectivity index is 0.000000163. The van der Waals surface area contributed by atoms with E-state index in [1.54, 1.807) is 6.33 Å². The second-order valence-electron chi connectivity index (χ2n) is 13.8. The molecule has 1 amide bonds. The first-order valence-corrected chi connectivity index (χ1v) is 19.8. The molecule has 9 heterocycles. The molecule has 9 rings (SSSR count). The zero-order valence-electron chi connectivity index (χ0n) is 31.9. The Morgan fingerprint density at radius 2 is 1.68 bits per heavy atom. The molecular weight excluding hydrogens is 837 g/mol. The van der Waals surface area contributed by atoms with Gasteiger partial charge in [0.05, 0.1) is 42.4 Å². The summed E-state index contributed by atoms with van der Waals surface area (Å²) in [7, 11) is 0. The molecule has 0 radical (unpaired) electrons. The number of aromatic amines is 1. The van der Waals surface area contributed by atoms with Gasteiger partial charge in [0.15, 0.2) is 11.3 Å². The predicted molar refractivity (Wildman–Crippen MR) is 216 cm³/mol. The Bertz CT molecular complexity index is 2330. The second kappa shape index (κ2) is 17.3. The molecule has 2 fully saturated rings. The minimum Gasteiger partial charge on any atom is -0.476 e. The standard InChI is InChI=1S/C19H19FN6O2.C18H21FN6O.CH3I/c1-11-9-28-18-13(7-12(20)8-21-18)15-3-2-6-25(15)16-5-4-14-17(24-16)26(10-22-14)19(27)23-11;1-11(20)9-26-18-13(7-12(19)8-21-18)15-3-2-6-25(15)16-5-4-14-17(24-16)23-10-22-14;1-2/h4-5,7-8,10-11,15H,2-3,6,9H2,1H3,(H,23,27);4-5,7-8,10-11,15H,2-3,6,9,20H2,1H3,(H,22,23,24);1H3/t2*11-,15?;/m00./s1/i;;1D. The molecule has 0 aliphatic carbocycles. The van der Waals surface area contributed by atoms with Crippen LogP contribution in [0.3, 0.4) is 0 Å². The topological polar surface area (TPSA) is 178 Å². The number of amides is 1. The lowest BCUT2D eigenvalue weighted by molar-refractivity contribution is 0.225. The average Bonchev–Trinajstić information content (AvgIpc) is 4.03. The van der Waals surface area contributed by atoms with Crippen LogP contribution in [0.5, 0.6) is 11.8 Å². The van der Waals surface area contributed by atoms with Crippen molar-refractivity contribution in [3.8, 4) is 11.8 Å². The molecule has 3 aliphatic rings. The number of nitrogens with zero attached hydrogens (tertiary/aromatic N) is 9. The molecule has 56 heavy (non-hydrogen) atoms. The molecule has 4 atom stereocenters. The number of carbonyl (C=O) groups excluding carboxylic acids is 1. The van der Waals surface area contributed by atoms with Gasteiger partial charge in [-0.05, 0) is 80.8 Å². The Morgan fingerprint density at radius 3 is 2.43 bits per heavy atom. The number of imidazole rings is 2. The van der Waals surface area contributed by atoms with Gasteiger partial charge in [-0.2, -0.15) is 0 Å². The number of pyridine rings is 4. The number of rotatable bonds is 5. The van der Waals surface area contributed by atoms with E-state index < -0.39 is 5.82 Å². The minimum atomic E-state index is -0.402. The zero-order chi connectivity index (χ0) is 40.1. The fourth-order valence-corrected chi connectivity index (χ4v) is 7.23. The van der Waals surface area contributed by atoms with Crippen LogP contribution in [0, 0.1) is 11.6 Å². The van der Waals surface area contributed by atoms with Gasteiger partial charge in [0, 0.05) is 31.6 Å². The molecule has 0 saturated carbocycles. The first kappa shape index (κ1) is 37.7. The summed E-state index contributed by atoms with van der Waals surface area (Å²) in [5.74, 6) is 1.57. The van der Waals surface area contributed by atoms with Gasteiger partial charge in [-0.1, -0.05) is 22.6 Å². The number of H-pyrrole nitrogens is 1. The predicted octanol–water partition coefficient (Wildman–Crippen LogP) is 6.26. The maximum absolute atomic E-state index is 14.0. The van der Waals surface area contributed by atoms with Gasteiger partial charge < -0.3 is 35.3 Å². The molecule has 2 unspecified atom stereocenters. The quantitative estimate of drug-likeness (QED) is 0.131. The van der Waals surface area contributed by atoms with Crippen LogP contribution in [0.2, 0.25) is 0 Å². The van der Waals surface area contributed by atoms with Crippen molar-refractivity contribution < 1.29 is 24.4 Å². The molecule has 3 aliphatic heterocycles. The van der Waals surface area contributed by atoms with Gasteiger partial charge in [0.1, 0.15) is 48.3 Å². The Morgan fingerprint density at radius 1 is 1.00 bits per heavy atom. The molecular formula is C38H43F2IN12O3. The summed E-state index contributed by atoms with van der Waals surface area (Å²) in [5, 5.41) is 2.87. The zero-order valence-corrected chi connectivity index (χ0v) is 33.1. The van der Waals surface area contributed by atoms with E-state index in [9.17, 15) is 13.6 Å². The summed E-state index contributed by atoms with van der Waals surface area (Å²) in [6, 6.07) is 9.73. The van der Waals surface area contributed by atoms with Gasteiger partial charge in [0.2, 0.25) is 11.8 Å². The number of hydrogen-bond donors (Lipinski definition) is 3. The smallest absolute Gasteiger partial charge is 0.328 e. The lowest BCUT2D eigenvalue weighted by Crippen LogP contribution is -2.39. The third kappa shape index (κ3) is 8.30. The van der Waals surface area contributed by atoms with E-state index in [1.807, 2.05) is 60.7 Å². The van der Waals surface area contributed by atoms with Crippen molar-refractivity contribution in [1.82, 2.24) is 44.8 Å².